The van der Waals surface area contributed by atoms with E-state index in [0.717, 1.165) is 41.5 Å². The Labute approximate surface area is 140 Å². The smallest absolute Gasteiger partial charge is 0.123 e. The molecule has 0 unspecified atom stereocenters. The highest BCUT2D eigenvalue weighted by atomic mass is 32.1. The number of ether oxygens (including phenoxy) is 1. The van der Waals surface area contributed by atoms with Gasteiger partial charge >= 0.3 is 0 Å². The summed E-state index contributed by atoms with van der Waals surface area (Å²) in [7, 11) is 1.68. The molecular weight excluding hydrogens is 306 g/mol. The molecule has 0 aliphatic rings. The van der Waals surface area contributed by atoms with E-state index in [0.29, 0.717) is 0 Å². The number of thiazole rings is 1. The van der Waals surface area contributed by atoms with Crippen molar-refractivity contribution in [2.24, 2.45) is 0 Å². The van der Waals surface area contributed by atoms with Crippen molar-refractivity contribution in [3.05, 3.63) is 65.4 Å². The molecule has 2 heterocycles. The van der Waals surface area contributed by atoms with Gasteiger partial charge in [0.2, 0.25) is 0 Å². The Morgan fingerprint density at radius 1 is 1.22 bits per heavy atom. The van der Waals surface area contributed by atoms with Crippen molar-refractivity contribution in [3.8, 4) is 16.3 Å². The maximum Gasteiger partial charge on any atom is 0.123 e. The first-order valence-corrected chi connectivity index (χ1v) is 8.41. The molecule has 23 heavy (non-hydrogen) atoms. The Bertz CT molecular complexity index is 743. The number of rotatable bonds is 7. The van der Waals surface area contributed by atoms with E-state index in [1.54, 1.807) is 24.6 Å². The summed E-state index contributed by atoms with van der Waals surface area (Å²) in [4.78, 5) is 8.81. The third-order valence-corrected chi connectivity index (χ3v) is 4.43. The molecule has 0 aliphatic heterocycles. The minimum absolute atomic E-state index is 0.779. The SMILES string of the molecule is COc1cccc(-c2nc(CNCCc3cccnc3)cs2)c1. The van der Waals surface area contributed by atoms with E-state index in [2.05, 4.69) is 32.8 Å². The molecule has 0 aliphatic carbocycles. The van der Waals surface area contributed by atoms with Gasteiger partial charge in [0.1, 0.15) is 10.8 Å². The van der Waals surface area contributed by atoms with Gasteiger partial charge in [-0.3, -0.25) is 4.98 Å². The first-order chi connectivity index (χ1) is 11.3. The molecule has 0 fully saturated rings. The summed E-state index contributed by atoms with van der Waals surface area (Å²) in [6, 6.07) is 12.1. The molecule has 3 aromatic rings. The minimum atomic E-state index is 0.779. The topological polar surface area (TPSA) is 47.0 Å². The summed E-state index contributed by atoms with van der Waals surface area (Å²) < 4.78 is 5.26. The van der Waals surface area contributed by atoms with Crippen molar-refractivity contribution in [2.45, 2.75) is 13.0 Å². The quantitative estimate of drug-likeness (QED) is 0.675. The van der Waals surface area contributed by atoms with E-state index in [1.807, 2.05) is 30.5 Å². The monoisotopic (exact) mass is 325 g/mol. The molecule has 4 nitrogen and oxygen atoms in total. The van der Waals surface area contributed by atoms with Crippen molar-refractivity contribution in [2.75, 3.05) is 13.7 Å². The molecule has 2 aromatic heterocycles. The number of aromatic nitrogens is 2. The fraction of sp³-hybridized carbons (Fsp3) is 0.222. The van der Waals surface area contributed by atoms with Gasteiger partial charge < -0.3 is 10.1 Å². The van der Waals surface area contributed by atoms with Gasteiger partial charge in [0.15, 0.2) is 0 Å². The van der Waals surface area contributed by atoms with Crippen LogP contribution in [0.5, 0.6) is 5.75 Å². The lowest BCUT2D eigenvalue weighted by atomic mass is 10.2. The molecule has 0 spiro atoms. The third-order valence-electron chi connectivity index (χ3n) is 3.49. The lowest BCUT2D eigenvalue weighted by Crippen LogP contribution is -2.16. The van der Waals surface area contributed by atoms with Crippen LogP contribution >= 0.6 is 11.3 Å². The van der Waals surface area contributed by atoms with Gasteiger partial charge in [-0.15, -0.1) is 11.3 Å². The second kappa shape index (κ2) is 7.85. The molecule has 1 aromatic carbocycles. The van der Waals surface area contributed by atoms with Crippen molar-refractivity contribution in [1.82, 2.24) is 15.3 Å². The predicted molar refractivity (Wildman–Crippen MR) is 93.7 cm³/mol. The molecule has 5 heteroatoms. The summed E-state index contributed by atoms with van der Waals surface area (Å²) in [6.07, 6.45) is 4.68. The van der Waals surface area contributed by atoms with Crippen LogP contribution in [0.15, 0.2) is 54.2 Å². The Kier molecular flexibility index (Phi) is 5.34. The standard InChI is InChI=1S/C18H19N3OS/c1-22-17-6-2-5-15(10-17)18-21-16(13-23-18)12-20-9-7-14-4-3-8-19-11-14/h2-6,8,10-11,13,20H,7,9,12H2,1H3. The lowest BCUT2D eigenvalue weighted by molar-refractivity contribution is 0.415. The number of hydrogen-bond donors (Lipinski definition) is 1. The van der Waals surface area contributed by atoms with Crippen LogP contribution in [0.4, 0.5) is 0 Å². The van der Waals surface area contributed by atoms with Crippen LogP contribution in [0.3, 0.4) is 0 Å². The Morgan fingerprint density at radius 2 is 2.17 bits per heavy atom. The molecule has 0 amide bonds. The van der Waals surface area contributed by atoms with Gasteiger partial charge in [-0.05, 0) is 36.7 Å². The average Bonchev–Trinajstić information content (AvgIpc) is 3.09. The number of hydrogen-bond acceptors (Lipinski definition) is 5. The highest BCUT2D eigenvalue weighted by Crippen LogP contribution is 2.26. The van der Waals surface area contributed by atoms with Crippen molar-refractivity contribution in [3.63, 3.8) is 0 Å². The summed E-state index contributed by atoms with van der Waals surface area (Å²) in [5, 5.41) is 6.55. The van der Waals surface area contributed by atoms with Crippen molar-refractivity contribution >= 4 is 11.3 Å². The van der Waals surface area contributed by atoms with Crippen molar-refractivity contribution in [1.29, 1.82) is 0 Å². The number of pyridine rings is 1. The molecule has 0 saturated carbocycles. The molecule has 0 radical (unpaired) electrons. The van der Waals surface area contributed by atoms with E-state index in [-0.39, 0.29) is 0 Å². The Morgan fingerprint density at radius 3 is 3.00 bits per heavy atom. The second-order valence-electron chi connectivity index (χ2n) is 5.16. The fourth-order valence-electron chi connectivity index (χ4n) is 2.27. The molecule has 0 saturated heterocycles. The zero-order chi connectivity index (χ0) is 15.9. The lowest BCUT2D eigenvalue weighted by Gasteiger charge is -2.03. The molecule has 118 valence electrons. The Balaban J connectivity index is 1.53. The summed E-state index contributed by atoms with van der Waals surface area (Å²) >= 11 is 1.66. The van der Waals surface area contributed by atoms with E-state index < -0.39 is 0 Å². The fourth-order valence-corrected chi connectivity index (χ4v) is 3.09. The predicted octanol–water partition coefficient (Wildman–Crippen LogP) is 3.55. The van der Waals surface area contributed by atoms with Gasteiger partial charge in [0.25, 0.3) is 0 Å². The van der Waals surface area contributed by atoms with Crippen LogP contribution in [0.2, 0.25) is 0 Å². The van der Waals surface area contributed by atoms with Gasteiger partial charge in [-0.1, -0.05) is 18.2 Å². The first-order valence-electron chi connectivity index (χ1n) is 7.53. The summed E-state index contributed by atoms with van der Waals surface area (Å²) in [5.74, 6) is 0.855. The number of nitrogens with one attached hydrogen (secondary N) is 1. The zero-order valence-corrected chi connectivity index (χ0v) is 13.8. The maximum atomic E-state index is 5.26. The third kappa shape index (κ3) is 4.37. The van der Waals surface area contributed by atoms with Crippen LogP contribution in [-0.2, 0) is 13.0 Å². The molecular formula is C18H19N3OS. The van der Waals surface area contributed by atoms with E-state index >= 15 is 0 Å². The van der Waals surface area contributed by atoms with Gasteiger partial charge in [-0.25, -0.2) is 4.98 Å². The highest BCUT2D eigenvalue weighted by molar-refractivity contribution is 7.13. The molecule has 0 bridgehead atoms. The van der Waals surface area contributed by atoms with Crippen LogP contribution in [0, 0.1) is 0 Å². The number of nitrogens with zero attached hydrogens (tertiary/aromatic N) is 2. The summed E-state index contributed by atoms with van der Waals surface area (Å²) in [5.41, 5.74) is 3.41. The van der Waals surface area contributed by atoms with Crippen LogP contribution in [0.1, 0.15) is 11.3 Å². The Hall–Kier alpha value is -2.24. The van der Waals surface area contributed by atoms with E-state index in [4.69, 9.17) is 4.74 Å². The van der Waals surface area contributed by atoms with Gasteiger partial charge in [0, 0.05) is 29.9 Å². The molecule has 3 rings (SSSR count). The van der Waals surface area contributed by atoms with Crippen molar-refractivity contribution < 1.29 is 4.74 Å². The highest BCUT2D eigenvalue weighted by Gasteiger charge is 2.05. The molecule has 1 N–H and O–H groups in total. The largest absolute Gasteiger partial charge is 0.497 e. The van der Waals surface area contributed by atoms with Crippen LogP contribution in [-0.4, -0.2) is 23.6 Å². The van der Waals surface area contributed by atoms with Gasteiger partial charge in [0.05, 0.1) is 12.8 Å². The number of benzene rings is 1. The second-order valence-corrected chi connectivity index (χ2v) is 6.02. The number of methoxy groups -OCH3 is 1. The maximum absolute atomic E-state index is 5.26. The summed E-state index contributed by atoms with van der Waals surface area (Å²) in [6.45, 7) is 1.69. The minimum Gasteiger partial charge on any atom is -0.497 e. The van der Waals surface area contributed by atoms with E-state index in [1.165, 1.54) is 5.56 Å². The van der Waals surface area contributed by atoms with Crippen LogP contribution in [0.25, 0.3) is 10.6 Å². The molecule has 0 atom stereocenters. The zero-order valence-electron chi connectivity index (χ0n) is 13.0. The average molecular weight is 325 g/mol. The van der Waals surface area contributed by atoms with Gasteiger partial charge in [-0.2, -0.15) is 0 Å². The normalized spacial score (nSPS) is 10.7. The first kappa shape index (κ1) is 15.6. The van der Waals surface area contributed by atoms with Crippen LogP contribution < -0.4 is 10.1 Å². The van der Waals surface area contributed by atoms with E-state index in [9.17, 15) is 0 Å².